The van der Waals surface area contributed by atoms with Gasteiger partial charge in [0.1, 0.15) is 5.75 Å². The highest BCUT2D eigenvalue weighted by molar-refractivity contribution is 5.30. The van der Waals surface area contributed by atoms with Crippen molar-refractivity contribution in [3.05, 3.63) is 29.8 Å². The normalized spacial score (nSPS) is 18.2. The van der Waals surface area contributed by atoms with Gasteiger partial charge in [-0.05, 0) is 30.5 Å². The number of benzene rings is 1. The summed E-state index contributed by atoms with van der Waals surface area (Å²) in [6.07, 6.45) is 5.24. The molecule has 0 saturated heterocycles. The zero-order valence-corrected chi connectivity index (χ0v) is 10.5. The molecule has 1 saturated carbocycles. The van der Waals surface area contributed by atoms with E-state index in [1.807, 2.05) is 12.1 Å². The zero-order chi connectivity index (χ0) is 12.1. The highest BCUT2D eigenvalue weighted by Crippen LogP contribution is 2.23. The molecule has 0 aliphatic heterocycles. The first-order valence-corrected chi connectivity index (χ1v) is 6.43. The highest BCUT2D eigenvalue weighted by Gasteiger charge is 2.19. The van der Waals surface area contributed by atoms with Gasteiger partial charge < -0.3 is 15.8 Å². The Morgan fingerprint density at radius 3 is 2.82 bits per heavy atom. The monoisotopic (exact) mass is 234 g/mol. The lowest BCUT2D eigenvalue weighted by molar-refractivity contribution is 0.410. The SMILES string of the molecule is COc1cccc(C(CN)NC2CCCC2)c1. The number of nitrogens with two attached hydrogens (primary N) is 1. The van der Waals surface area contributed by atoms with Crippen LogP contribution in [0.25, 0.3) is 0 Å². The Morgan fingerprint density at radius 2 is 2.18 bits per heavy atom. The fourth-order valence-electron chi connectivity index (χ4n) is 2.54. The molecule has 2 rings (SSSR count). The number of methoxy groups -OCH3 is 1. The summed E-state index contributed by atoms with van der Waals surface area (Å²) in [6.45, 7) is 0.629. The number of nitrogens with one attached hydrogen (secondary N) is 1. The Labute approximate surface area is 103 Å². The number of hydrogen-bond donors (Lipinski definition) is 2. The maximum atomic E-state index is 5.87. The summed E-state index contributed by atoms with van der Waals surface area (Å²) in [5.41, 5.74) is 7.09. The van der Waals surface area contributed by atoms with Crippen molar-refractivity contribution in [1.82, 2.24) is 5.32 Å². The van der Waals surface area contributed by atoms with Crippen molar-refractivity contribution in [3.63, 3.8) is 0 Å². The van der Waals surface area contributed by atoms with Crippen LogP contribution in [0.4, 0.5) is 0 Å². The van der Waals surface area contributed by atoms with Gasteiger partial charge in [-0.25, -0.2) is 0 Å². The summed E-state index contributed by atoms with van der Waals surface area (Å²) in [6, 6.07) is 9.05. The van der Waals surface area contributed by atoms with Gasteiger partial charge in [-0.2, -0.15) is 0 Å². The molecule has 3 heteroatoms. The fourth-order valence-corrected chi connectivity index (χ4v) is 2.54. The first-order chi connectivity index (χ1) is 8.33. The standard InChI is InChI=1S/C14H22N2O/c1-17-13-8-4-5-11(9-13)14(10-15)16-12-6-2-3-7-12/h4-5,8-9,12,14,16H,2-3,6-7,10,15H2,1H3. The Morgan fingerprint density at radius 1 is 1.41 bits per heavy atom. The van der Waals surface area contributed by atoms with E-state index in [-0.39, 0.29) is 6.04 Å². The maximum absolute atomic E-state index is 5.87. The quantitative estimate of drug-likeness (QED) is 0.821. The molecule has 1 unspecified atom stereocenters. The van der Waals surface area contributed by atoms with E-state index in [2.05, 4.69) is 17.4 Å². The second-order valence-electron chi connectivity index (χ2n) is 4.71. The summed E-state index contributed by atoms with van der Waals surface area (Å²) >= 11 is 0. The molecule has 1 fully saturated rings. The van der Waals surface area contributed by atoms with Crippen LogP contribution in [-0.2, 0) is 0 Å². The molecule has 1 atom stereocenters. The van der Waals surface area contributed by atoms with Gasteiger partial charge in [0.15, 0.2) is 0 Å². The van der Waals surface area contributed by atoms with Crippen LogP contribution in [0.5, 0.6) is 5.75 Å². The summed E-state index contributed by atoms with van der Waals surface area (Å²) in [4.78, 5) is 0. The number of hydrogen-bond acceptors (Lipinski definition) is 3. The topological polar surface area (TPSA) is 47.3 Å². The summed E-state index contributed by atoms with van der Waals surface area (Å²) in [7, 11) is 1.70. The van der Waals surface area contributed by atoms with E-state index < -0.39 is 0 Å². The lowest BCUT2D eigenvalue weighted by Gasteiger charge is -2.22. The average molecular weight is 234 g/mol. The van der Waals surface area contributed by atoms with E-state index in [4.69, 9.17) is 10.5 Å². The molecule has 1 aliphatic carbocycles. The summed E-state index contributed by atoms with van der Waals surface area (Å²) < 4.78 is 5.25. The molecule has 0 heterocycles. The van der Waals surface area contributed by atoms with Crippen molar-refractivity contribution in [1.29, 1.82) is 0 Å². The number of ether oxygens (including phenoxy) is 1. The fraction of sp³-hybridized carbons (Fsp3) is 0.571. The molecule has 17 heavy (non-hydrogen) atoms. The van der Waals surface area contributed by atoms with Gasteiger partial charge in [-0.1, -0.05) is 25.0 Å². The van der Waals surface area contributed by atoms with Gasteiger partial charge >= 0.3 is 0 Å². The molecular weight excluding hydrogens is 212 g/mol. The summed E-state index contributed by atoms with van der Waals surface area (Å²) in [5, 5.41) is 3.65. The minimum Gasteiger partial charge on any atom is -0.497 e. The maximum Gasteiger partial charge on any atom is 0.119 e. The minimum absolute atomic E-state index is 0.244. The van der Waals surface area contributed by atoms with E-state index in [0.29, 0.717) is 12.6 Å². The van der Waals surface area contributed by atoms with Crippen LogP contribution >= 0.6 is 0 Å². The predicted octanol–water partition coefficient (Wildman–Crippen LogP) is 2.23. The smallest absolute Gasteiger partial charge is 0.119 e. The van der Waals surface area contributed by atoms with Crippen molar-refractivity contribution in [2.75, 3.05) is 13.7 Å². The third-order valence-electron chi connectivity index (χ3n) is 3.52. The average Bonchev–Trinajstić information content (AvgIpc) is 2.89. The molecule has 0 spiro atoms. The largest absolute Gasteiger partial charge is 0.497 e. The number of rotatable bonds is 5. The predicted molar refractivity (Wildman–Crippen MR) is 70.2 cm³/mol. The first-order valence-electron chi connectivity index (χ1n) is 6.43. The van der Waals surface area contributed by atoms with Crippen LogP contribution in [0.1, 0.15) is 37.3 Å². The Hall–Kier alpha value is -1.06. The highest BCUT2D eigenvalue weighted by atomic mass is 16.5. The van der Waals surface area contributed by atoms with Crippen LogP contribution in [-0.4, -0.2) is 19.7 Å². The molecule has 0 radical (unpaired) electrons. The van der Waals surface area contributed by atoms with Crippen molar-refractivity contribution in [3.8, 4) is 5.75 Å². The first kappa shape index (κ1) is 12.4. The third kappa shape index (κ3) is 3.20. The van der Waals surface area contributed by atoms with Gasteiger partial charge in [-0.15, -0.1) is 0 Å². The second kappa shape index (κ2) is 6.03. The molecule has 1 aromatic rings. The van der Waals surface area contributed by atoms with E-state index in [1.54, 1.807) is 7.11 Å². The molecule has 3 nitrogen and oxygen atoms in total. The second-order valence-corrected chi connectivity index (χ2v) is 4.71. The van der Waals surface area contributed by atoms with Crippen molar-refractivity contribution >= 4 is 0 Å². The molecule has 3 N–H and O–H groups in total. The van der Waals surface area contributed by atoms with Crippen LogP contribution in [0, 0.1) is 0 Å². The molecule has 1 aliphatic rings. The van der Waals surface area contributed by atoms with Crippen molar-refractivity contribution < 1.29 is 4.74 Å². The van der Waals surface area contributed by atoms with Gasteiger partial charge in [0.05, 0.1) is 7.11 Å². The van der Waals surface area contributed by atoms with Gasteiger partial charge in [0.25, 0.3) is 0 Å². The van der Waals surface area contributed by atoms with Crippen LogP contribution < -0.4 is 15.8 Å². The molecule has 94 valence electrons. The molecule has 0 aromatic heterocycles. The molecular formula is C14H22N2O. The molecule has 0 amide bonds. The zero-order valence-electron chi connectivity index (χ0n) is 10.5. The van der Waals surface area contributed by atoms with Gasteiger partial charge in [0, 0.05) is 18.6 Å². The molecule has 0 bridgehead atoms. The van der Waals surface area contributed by atoms with Gasteiger partial charge in [-0.3, -0.25) is 0 Å². The molecule has 1 aromatic carbocycles. The third-order valence-corrected chi connectivity index (χ3v) is 3.52. The Balaban J connectivity index is 2.04. The Bertz CT molecular complexity index is 348. The summed E-state index contributed by atoms with van der Waals surface area (Å²) in [5.74, 6) is 0.897. The Kier molecular flexibility index (Phi) is 4.40. The van der Waals surface area contributed by atoms with Crippen LogP contribution in [0.2, 0.25) is 0 Å². The van der Waals surface area contributed by atoms with Crippen molar-refractivity contribution in [2.24, 2.45) is 5.73 Å². The lowest BCUT2D eigenvalue weighted by Crippen LogP contribution is -2.35. The van der Waals surface area contributed by atoms with Crippen molar-refractivity contribution in [2.45, 2.75) is 37.8 Å². The van der Waals surface area contributed by atoms with E-state index in [1.165, 1.54) is 31.2 Å². The minimum atomic E-state index is 0.244. The van der Waals surface area contributed by atoms with E-state index >= 15 is 0 Å². The van der Waals surface area contributed by atoms with E-state index in [9.17, 15) is 0 Å². The van der Waals surface area contributed by atoms with E-state index in [0.717, 1.165) is 5.75 Å². The van der Waals surface area contributed by atoms with Crippen LogP contribution in [0.15, 0.2) is 24.3 Å². The van der Waals surface area contributed by atoms with Gasteiger partial charge in [0.2, 0.25) is 0 Å². The van der Waals surface area contributed by atoms with Crippen LogP contribution in [0.3, 0.4) is 0 Å². The lowest BCUT2D eigenvalue weighted by atomic mass is 10.1.